The van der Waals surface area contributed by atoms with Gasteiger partial charge in [0.1, 0.15) is 0 Å². The molecular weight excluding hydrogens is 158 g/mol. The van der Waals surface area contributed by atoms with Crippen LogP contribution in [0.1, 0.15) is 6.42 Å². The Kier molecular flexibility index (Phi) is 2.47. The van der Waals surface area contributed by atoms with Gasteiger partial charge in [0.25, 0.3) is 0 Å². The van der Waals surface area contributed by atoms with Gasteiger partial charge >= 0.3 is 0 Å². The molecular formula is C8H10NO3-. The Morgan fingerprint density at radius 1 is 1.83 bits per heavy atom. The summed E-state index contributed by atoms with van der Waals surface area (Å²) in [5, 5.41) is 10.4. The molecule has 1 rings (SSSR count). The third-order valence-electron chi connectivity index (χ3n) is 1.90. The molecule has 0 aromatic carbocycles. The van der Waals surface area contributed by atoms with E-state index in [2.05, 4.69) is 6.58 Å². The van der Waals surface area contributed by atoms with Crippen molar-refractivity contribution in [1.82, 2.24) is 4.90 Å². The maximum atomic E-state index is 11.1. The second-order valence-corrected chi connectivity index (χ2v) is 2.81. The highest BCUT2D eigenvalue weighted by molar-refractivity contribution is 5.85. The number of carbonyl (C=O) groups is 2. The fraction of sp³-hybridized carbons (Fsp3) is 0.500. The van der Waals surface area contributed by atoms with Crippen LogP contribution in [0, 0.1) is 5.92 Å². The smallest absolute Gasteiger partial charge is 0.223 e. The van der Waals surface area contributed by atoms with Crippen LogP contribution >= 0.6 is 0 Å². The third kappa shape index (κ3) is 1.64. The van der Waals surface area contributed by atoms with Crippen LogP contribution in [0.5, 0.6) is 0 Å². The molecule has 0 bridgehead atoms. The second-order valence-electron chi connectivity index (χ2n) is 2.81. The normalized spacial score (nSPS) is 22.8. The fourth-order valence-electron chi connectivity index (χ4n) is 1.26. The number of carboxylic acids is 1. The van der Waals surface area contributed by atoms with Gasteiger partial charge in [0.2, 0.25) is 5.91 Å². The Bertz CT molecular complexity index is 224. The molecule has 1 amide bonds. The zero-order valence-electron chi connectivity index (χ0n) is 6.66. The van der Waals surface area contributed by atoms with Crippen LogP contribution in [0.2, 0.25) is 0 Å². The first kappa shape index (κ1) is 8.77. The molecule has 0 aromatic rings. The molecule has 0 aliphatic carbocycles. The summed E-state index contributed by atoms with van der Waals surface area (Å²) in [5.74, 6) is -1.92. The standard InChI is InChI=1S/C8H11NO3/c1-2-3-9-5-6(8(11)12)4-7(9)10/h2,6H,1,3-5H2,(H,11,12)/p-1. The Balaban J connectivity index is 2.55. The van der Waals surface area contributed by atoms with Gasteiger partial charge in [0, 0.05) is 31.4 Å². The van der Waals surface area contributed by atoms with Crippen LogP contribution in [0.4, 0.5) is 0 Å². The summed E-state index contributed by atoms with van der Waals surface area (Å²) >= 11 is 0. The number of hydrogen-bond acceptors (Lipinski definition) is 3. The van der Waals surface area contributed by atoms with Gasteiger partial charge in [-0.2, -0.15) is 0 Å². The lowest BCUT2D eigenvalue weighted by Crippen LogP contribution is -2.33. The number of carboxylic acid groups (broad SMARTS) is 1. The third-order valence-corrected chi connectivity index (χ3v) is 1.90. The van der Waals surface area contributed by atoms with Crippen molar-refractivity contribution < 1.29 is 14.7 Å². The van der Waals surface area contributed by atoms with Crippen LogP contribution < -0.4 is 5.11 Å². The first-order valence-electron chi connectivity index (χ1n) is 3.74. The van der Waals surface area contributed by atoms with E-state index in [4.69, 9.17) is 0 Å². The second kappa shape index (κ2) is 3.38. The fourth-order valence-corrected chi connectivity index (χ4v) is 1.26. The largest absolute Gasteiger partial charge is 0.550 e. The van der Waals surface area contributed by atoms with Crippen LogP contribution in [0.25, 0.3) is 0 Å². The molecule has 1 aliphatic heterocycles. The molecule has 66 valence electrons. The lowest BCUT2D eigenvalue weighted by molar-refractivity contribution is -0.311. The highest BCUT2D eigenvalue weighted by Crippen LogP contribution is 2.16. The number of nitrogens with zero attached hydrogens (tertiary/aromatic N) is 1. The summed E-state index contributed by atoms with van der Waals surface area (Å²) in [5.41, 5.74) is 0. The Hall–Kier alpha value is -1.32. The summed E-state index contributed by atoms with van der Waals surface area (Å²) in [6, 6.07) is 0. The SMILES string of the molecule is C=CCN1CC(C(=O)[O-])CC1=O. The highest BCUT2D eigenvalue weighted by atomic mass is 16.4. The van der Waals surface area contributed by atoms with E-state index in [1.807, 2.05) is 0 Å². The molecule has 1 atom stereocenters. The van der Waals surface area contributed by atoms with Crippen LogP contribution in [-0.2, 0) is 9.59 Å². The molecule has 1 fully saturated rings. The minimum absolute atomic E-state index is 0.0656. The van der Waals surface area contributed by atoms with Crippen molar-refractivity contribution in [3.63, 3.8) is 0 Å². The van der Waals surface area contributed by atoms with Gasteiger partial charge in [-0.15, -0.1) is 6.58 Å². The topological polar surface area (TPSA) is 60.4 Å². The number of amides is 1. The first-order chi connectivity index (χ1) is 5.65. The van der Waals surface area contributed by atoms with E-state index < -0.39 is 11.9 Å². The molecule has 4 nitrogen and oxygen atoms in total. The van der Waals surface area contributed by atoms with Gasteiger partial charge < -0.3 is 14.8 Å². The van der Waals surface area contributed by atoms with Gasteiger partial charge in [-0.25, -0.2) is 0 Å². The molecule has 0 aromatic heterocycles. The lowest BCUT2D eigenvalue weighted by Gasteiger charge is -2.14. The van der Waals surface area contributed by atoms with Gasteiger partial charge in [-0.3, -0.25) is 4.79 Å². The molecule has 0 radical (unpaired) electrons. The van der Waals surface area contributed by atoms with Crippen LogP contribution in [0.3, 0.4) is 0 Å². The molecule has 4 heteroatoms. The highest BCUT2D eigenvalue weighted by Gasteiger charge is 2.29. The minimum atomic E-state index is -1.14. The van der Waals surface area contributed by atoms with Crippen LogP contribution in [0.15, 0.2) is 12.7 Å². The summed E-state index contributed by atoms with van der Waals surface area (Å²) in [7, 11) is 0. The maximum Gasteiger partial charge on any atom is 0.223 e. The summed E-state index contributed by atoms with van der Waals surface area (Å²) in [4.78, 5) is 22.9. The van der Waals surface area contributed by atoms with E-state index in [9.17, 15) is 14.7 Å². The molecule has 0 N–H and O–H groups in total. The van der Waals surface area contributed by atoms with Crippen molar-refractivity contribution in [2.75, 3.05) is 13.1 Å². The summed E-state index contributed by atoms with van der Waals surface area (Å²) < 4.78 is 0. The molecule has 12 heavy (non-hydrogen) atoms. The zero-order chi connectivity index (χ0) is 9.14. The number of aliphatic carboxylic acids is 1. The minimum Gasteiger partial charge on any atom is -0.550 e. The predicted molar refractivity (Wildman–Crippen MR) is 39.9 cm³/mol. The Labute approximate surface area is 70.5 Å². The number of likely N-dealkylation sites (tertiary alicyclic amines) is 1. The molecule has 1 aliphatic rings. The van der Waals surface area contributed by atoms with Crippen molar-refractivity contribution in [1.29, 1.82) is 0 Å². The summed E-state index contributed by atoms with van der Waals surface area (Å²) in [6.45, 7) is 4.15. The first-order valence-corrected chi connectivity index (χ1v) is 3.74. The molecule has 1 unspecified atom stereocenters. The van der Waals surface area contributed by atoms with E-state index >= 15 is 0 Å². The van der Waals surface area contributed by atoms with Crippen LogP contribution in [-0.4, -0.2) is 29.9 Å². The Morgan fingerprint density at radius 2 is 2.50 bits per heavy atom. The average Bonchev–Trinajstić information content (AvgIpc) is 2.34. The monoisotopic (exact) mass is 168 g/mol. The van der Waals surface area contributed by atoms with Gasteiger partial charge in [0.15, 0.2) is 0 Å². The van der Waals surface area contributed by atoms with E-state index in [1.54, 1.807) is 6.08 Å². The van der Waals surface area contributed by atoms with E-state index in [0.29, 0.717) is 6.54 Å². The Morgan fingerprint density at radius 3 is 2.92 bits per heavy atom. The van der Waals surface area contributed by atoms with Crippen molar-refractivity contribution in [2.45, 2.75) is 6.42 Å². The van der Waals surface area contributed by atoms with Crippen molar-refractivity contribution in [2.24, 2.45) is 5.92 Å². The molecule has 1 heterocycles. The van der Waals surface area contributed by atoms with Gasteiger partial charge in [0.05, 0.1) is 0 Å². The van der Waals surface area contributed by atoms with Gasteiger partial charge in [-0.05, 0) is 0 Å². The quantitative estimate of drug-likeness (QED) is 0.496. The van der Waals surface area contributed by atoms with Crippen molar-refractivity contribution in [3.8, 4) is 0 Å². The summed E-state index contributed by atoms with van der Waals surface area (Å²) in [6.07, 6.45) is 1.64. The van der Waals surface area contributed by atoms with Gasteiger partial charge in [-0.1, -0.05) is 6.08 Å². The molecule has 0 spiro atoms. The predicted octanol–water partition coefficient (Wildman–Crippen LogP) is -1.23. The lowest BCUT2D eigenvalue weighted by atomic mass is 10.1. The van der Waals surface area contributed by atoms with Crippen molar-refractivity contribution in [3.05, 3.63) is 12.7 Å². The van der Waals surface area contributed by atoms with E-state index in [0.717, 1.165) is 0 Å². The van der Waals surface area contributed by atoms with Crippen molar-refractivity contribution >= 4 is 11.9 Å². The average molecular weight is 168 g/mol. The maximum absolute atomic E-state index is 11.1. The number of rotatable bonds is 3. The zero-order valence-corrected chi connectivity index (χ0v) is 6.66. The molecule has 0 saturated carbocycles. The van der Waals surface area contributed by atoms with E-state index in [1.165, 1.54) is 4.90 Å². The van der Waals surface area contributed by atoms with E-state index in [-0.39, 0.29) is 18.9 Å². The number of hydrogen-bond donors (Lipinski definition) is 0. The number of carbonyl (C=O) groups excluding carboxylic acids is 2. The molecule has 1 saturated heterocycles.